The standard InChI is InChI=1S/C15H11BrFN3O/c16-12-6-3-10(8-13(12)18)15-19-14(20-21-15)7-9-1-4-11(17)5-2-9/h1-6,8H,7,18H2. The Morgan fingerprint density at radius 3 is 2.62 bits per heavy atom. The van der Waals surface area contributed by atoms with Gasteiger partial charge in [0.2, 0.25) is 0 Å². The molecule has 0 radical (unpaired) electrons. The lowest BCUT2D eigenvalue weighted by Gasteiger charge is -1.99. The number of rotatable bonds is 3. The van der Waals surface area contributed by atoms with E-state index in [-0.39, 0.29) is 5.82 Å². The summed E-state index contributed by atoms with van der Waals surface area (Å²) in [6, 6.07) is 11.6. The van der Waals surface area contributed by atoms with Crippen LogP contribution >= 0.6 is 15.9 Å². The van der Waals surface area contributed by atoms with Crippen molar-refractivity contribution in [1.82, 2.24) is 10.1 Å². The quantitative estimate of drug-likeness (QED) is 0.731. The third-order valence-electron chi connectivity index (χ3n) is 2.99. The molecule has 0 bridgehead atoms. The molecule has 2 aromatic carbocycles. The smallest absolute Gasteiger partial charge is 0.258 e. The van der Waals surface area contributed by atoms with Crippen LogP contribution in [0.2, 0.25) is 0 Å². The zero-order valence-electron chi connectivity index (χ0n) is 10.9. The summed E-state index contributed by atoms with van der Waals surface area (Å²) in [6.45, 7) is 0. The van der Waals surface area contributed by atoms with E-state index in [1.165, 1.54) is 12.1 Å². The first-order chi connectivity index (χ1) is 10.1. The van der Waals surface area contributed by atoms with Crippen molar-refractivity contribution in [1.29, 1.82) is 0 Å². The molecule has 0 aliphatic carbocycles. The molecule has 0 spiro atoms. The molecule has 106 valence electrons. The second-order valence-electron chi connectivity index (χ2n) is 4.56. The number of nitrogens with zero attached hydrogens (tertiary/aromatic N) is 2. The van der Waals surface area contributed by atoms with Crippen molar-refractivity contribution >= 4 is 21.6 Å². The minimum absolute atomic E-state index is 0.266. The average Bonchev–Trinajstić information content (AvgIpc) is 2.93. The molecule has 4 nitrogen and oxygen atoms in total. The van der Waals surface area contributed by atoms with Gasteiger partial charge in [0.1, 0.15) is 5.82 Å². The van der Waals surface area contributed by atoms with Crippen molar-refractivity contribution in [2.45, 2.75) is 6.42 Å². The summed E-state index contributed by atoms with van der Waals surface area (Å²) in [5, 5.41) is 3.93. The van der Waals surface area contributed by atoms with Crippen molar-refractivity contribution in [3.63, 3.8) is 0 Å². The number of hydrogen-bond donors (Lipinski definition) is 1. The van der Waals surface area contributed by atoms with E-state index in [0.717, 1.165) is 15.6 Å². The normalized spacial score (nSPS) is 10.8. The van der Waals surface area contributed by atoms with Crippen LogP contribution in [0.1, 0.15) is 11.4 Å². The minimum Gasteiger partial charge on any atom is -0.398 e. The van der Waals surface area contributed by atoms with E-state index >= 15 is 0 Å². The lowest BCUT2D eigenvalue weighted by Crippen LogP contribution is -1.91. The van der Waals surface area contributed by atoms with Crippen LogP contribution in [0.15, 0.2) is 51.5 Å². The van der Waals surface area contributed by atoms with Crippen LogP contribution < -0.4 is 5.73 Å². The van der Waals surface area contributed by atoms with Gasteiger partial charge in [0.25, 0.3) is 5.89 Å². The van der Waals surface area contributed by atoms with Gasteiger partial charge in [-0.2, -0.15) is 4.98 Å². The number of hydrogen-bond acceptors (Lipinski definition) is 4. The highest BCUT2D eigenvalue weighted by molar-refractivity contribution is 9.10. The first-order valence-corrected chi connectivity index (χ1v) is 7.03. The van der Waals surface area contributed by atoms with E-state index in [4.69, 9.17) is 10.3 Å². The lowest BCUT2D eigenvalue weighted by molar-refractivity contribution is 0.424. The summed E-state index contributed by atoms with van der Waals surface area (Å²) in [6.07, 6.45) is 0.482. The maximum Gasteiger partial charge on any atom is 0.258 e. The molecule has 0 atom stereocenters. The predicted molar refractivity (Wildman–Crippen MR) is 81.1 cm³/mol. The molecule has 0 amide bonds. The Morgan fingerprint density at radius 2 is 1.90 bits per heavy atom. The highest BCUT2D eigenvalue weighted by Crippen LogP contribution is 2.26. The Labute approximate surface area is 128 Å². The van der Waals surface area contributed by atoms with Crippen LogP contribution in [0.3, 0.4) is 0 Å². The molecule has 0 saturated carbocycles. The summed E-state index contributed by atoms with van der Waals surface area (Å²) in [5.74, 6) is 0.683. The molecule has 0 aliphatic heterocycles. The average molecular weight is 348 g/mol. The largest absolute Gasteiger partial charge is 0.398 e. The van der Waals surface area contributed by atoms with E-state index in [2.05, 4.69) is 26.1 Å². The van der Waals surface area contributed by atoms with Crippen LogP contribution in [0, 0.1) is 5.82 Å². The van der Waals surface area contributed by atoms with Gasteiger partial charge in [-0.3, -0.25) is 0 Å². The van der Waals surface area contributed by atoms with Crippen molar-refractivity contribution in [3.8, 4) is 11.5 Å². The van der Waals surface area contributed by atoms with Crippen LogP contribution in [-0.4, -0.2) is 10.1 Å². The zero-order valence-corrected chi connectivity index (χ0v) is 12.5. The molecule has 3 aromatic rings. The molecular weight excluding hydrogens is 337 g/mol. The van der Waals surface area contributed by atoms with Crippen LogP contribution in [0.25, 0.3) is 11.5 Å². The molecule has 2 N–H and O–H groups in total. The second-order valence-corrected chi connectivity index (χ2v) is 5.41. The van der Waals surface area contributed by atoms with E-state index in [0.29, 0.717) is 23.8 Å². The molecule has 1 heterocycles. The molecule has 0 aliphatic rings. The van der Waals surface area contributed by atoms with E-state index in [1.54, 1.807) is 18.2 Å². The Morgan fingerprint density at radius 1 is 1.14 bits per heavy atom. The number of halogens is 2. The van der Waals surface area contributed by atoms with Gasteiger partial charge in [-0.05, 0) is 51.8 Å². The van der Waals surface area contributed by atoms with Crippen LogP contribution in [0.4, 0.5) is 10.1 Å². The summed E-state index contributed by atoms with van der Waals surface area (Å²) in [4.78, 5) is 4.33. The highest BCUT2D eigenvalue weighted by atomic mass is 79.9. The summed E-state index contributed by atoms with van der Waals surface area (Å²) in [7, 11) is 0. The van der Waals surface area contributed by atoms with Crippen molar-refractivity contribution in [2.24, 2.45) is 0 Å². The fourth-order valence-corrected chi connectivity index (χ4v) is 2.15. The zero-order chi connectivity index (χ0) is 14.8. The fourth-order valence-electron chi connectivity index (χ4n) is 1.90. The summed E-state index contributed by atoms with van der Waals surface area (Å²) < 4.78 is 18.9. The summed E-state index contributed by atoms with van der Waals surface area (Å²) >= 11 is 3.33. The molecule has 0 fully saturated rings. The molecular formula is C15H11BrFN3O. The maximum absolute atomic E-state index is 12.9. The predicted octanol–water partition coefficient (Wildman–Crippen LogP) is 3.81. The third-order valence-corrected chi connectivity index (χ3v) is 3.71. The first kappa shape index (κ1) is 13.8. The Hall–Kier alpha value is -2.21. The van der Waals surface area contributed by atoms with Gasteiger partial charge < -0.3 is 10.3 Å². The number of aromatic nitrogens is 2. The maximum atomic E-state index is 12.9. The molecule has 0 unspecified atom stereocenters. The molecule has 1 aromatic heterocycles. The third kappa shape index (κ3) is 3.11. The molecule has 3 rings (SSSR count). The SMILES string of the molecule is Nc1cc(-c2nc(Cc3ccc(F)cc3)no2)ccc1Br. The number of anilines is 1. The van der Waals surface area contributed by atoms with Gasteiger partial charge in [0.15, 0.2) is 5.82 Å². The van der Waals surface area contributed by atoms with Gasteiger partial charge in [0, 0.05) is 22.1 Å². The topological polar surface area (TPSA) is 64.9 Å². The monoisotopic (exact) mass is 347 g/mol. The highest BCUT2D eigenvalue weighted by Gasteiger charge is 2.10. The molecule has 21 heavy (non-hydrogen) atoms. The van der Waals surface area contributed by atoms with Crippen LogP contribution in [-0.2, 0) is 6.42 Å². The van der Waals surface area contributed by atoms with Gasteiger partial charge >= 0.3 is 0 Å². The number of benzene rings is 2. The molecule has 6 heteroatoms. The fraction of sp³-hybridized carbons (Fsp3) is 0.0667. The Balaban J connectivity index is 1.82. The van der Waals surface area contributed by atoms with E-state index in [1.807, 2.05) is 12.1 Å². The van der Waals surface area contributed by atoms with Gasteiger partial charge in [-0.1, -0.05) is 17.3 Å². The molecule has 0 saturated heterocycles. The second kappa shape index (κ2) is 5.65. The van der Waals surface area contributed by atoms with Crippen molar-refractivity contribution in [2.75, 3.05) is 5.73 Å². The lowest BCUT2D eigenvalue weighted by atomic mass is 10.1. The van der Waals surface area contributed by atoms with E-state index < -0.39 is 0 Å². The number of nitrogen functional groups attached to an aromatic ring is 1. The van der Waals surface area contributed by atoms with Crippen LogP contribution in [0.5, 0.6) is 0 Å². The first-order valence-electron chi connectivity index (χ1n) is 6.24. The number of nitrogens with two attached hydrogens (primary N) is 1. The van der Waals surface area contributed by atoms with Crippen molar-refractivity contribution < 1.29 is 8.91 Å². The van der Waals surface area contributed by atoms with Gasteiger partial charge in [0.05, 0.1) is 0 Å². The Kier molecular flexibility index (Phi) is 3.70. The summed E-state index contributed by atoms with van der Waals surface area (Å²) in [5.41, 5.74) is 8.11. The van der Waals surface area contributed by atoms with E-state index in [9.17, 15) is 4.39 Å². The van der Waals surface area contributed by atoms with Gasteiger partial charge in [-0.25, -0.2) is 4.39 Å². The Bertz CT molecular complexity index is 771. The van der Waals surface area contributed by atoms with Crippen molar-refractivity contribution in [3.05, 3.63) is 64.1 Å². The van der Waals surface area contributed by atoms with Gasteiger partial charge in [-0.15, -0.1) is 0 Å². The minimum atomic E-state index is -0.266.